The Morgan fingerprint density at radius 1 is 1.50 bits per heavy atom. The Morgan fingerprint density at radius 2 is 2.29 bits per heavy atom. The van der Waals surface area contributed by atoms with Crippen LogP contribution in [0.15, 0.2) is 30.3 Å². The molecule has 1 N–H and O–H groups in total. The third kappa shape index (κ3) is 3.71. The predicted molar refractivity (Wildman–Crippen MR) is 58.6 cm³/mol. The highest BCUT2D eigenvalue weighted by Gasteiger charge is 1.93. The monoisotopic (exact) mass is 193 g/mol. The normalized spacial score (nSPS) is 13.4. The summed E-state index contributed by atoms with van der Waals surface area (Å²) in [6.07, 6.45) is 3.95. The molecular formula is C12H16FN. The van der Waals surface area contributed by atoms with Crippen molar-refractivity contribution in [2.75, 3.05) is 6.54 Å². The highest BCUT2D eigenvalue weighted by molar-refractivity contribution is 5.49. The molecule has 1 atom stereocenters. The summed E-state index contributed by atoms with van der Waals surface area (Å²) < 4.78 is 12.8. The van der Waals surface area contributed by atoms with Gasteiger partial charge in [-0.15, -0.1) is 0 Å². The van der Waals surface area contributed by atoms with E-state index in [2.05, 4.69) is 19.2 Å². The van der Waals surface area contributed by atoms with Crippen molar-refractivity contribution in [2.24, 2.45) is 0 Å². The first-order chi connectivity index (χ1) is 6.72. The van der Waals surface area contributed by atoms with Crippen LogP contribution in [0, 0.1) is 5.82 Å². The molecule has 0 spiro atoms. The van der Waals surface area contributed by atoms with Gasteiger partial charge >= 0.3 is 0 Å². The molecule has 0 fully saturated rings. The van der Waals surface area contributed by atoms with E-state index >= 15 is 0 Å². The summed E-state index contributed by atoms with van der Waals surface area (Å²) in [7, 11) is 0. The number of likely N-dealkylation sites (N-methyl/N-ethyl adjacent to an activating group) is 1. The molecule has 1 aromatic carbocycles. The summed E-state index contributed by atoms with van der Waals surface area (Å²) in [6.45, 7) is 5.07. The van der Waals surface area contributed by atoms with E-state index in [0.717, 1.165) is 12.1 Å². The van der Waals surface area contributed by atoms with E-state index in [0.29, 0.717) is 6.04 Å². The van der Waals surface area contributed by atoms with Gasteiger partial charge in [-0.1, -0.05) is 31.2 Å². The standard InChI is InChI=1S/C12H16FN/c1-3-14-10(2)7-8-11-5-4-6-12(13)9-11/h4-10,14H,3H2,1-2H3/b8-7+. The molecule has 0 aromatic heterocycles. The first-order valence-corrected chi connectivity index (χ1v) is 4.89. The number of benzene rings is 1. The molecule has 1 aromatic rings. The SMILES string of the molecule is CCNC(C)/C=C/c1cccc(F)c1. The topological polar surface area (TPSA) is 12.0 Å². The van der Waals surface area contributed by atoms with Crippen molar-refractivity contribution in [3.63, 3.8) is 0 Å². The van der Waals surface area contributed by atoms with Crippen molar-refractivity contribution >= 4 is 6.08 Å². The summed E-state index contributed by atoms with van der Waals surface area (Å²) in [5, 5.41) is 3.25. The maximum atomic E-state index is 12.8. The van der Waals surface area contributed by atoms with Crippen LogP contribution in [0.2, 0.25) is 0 Å². The van der Waals surface area contributed by atoms with Crippen LogP contribution in [0.25, 0.3) is 6.08 Å². The number of rotatable bonds is 4. The zero-order valence-electron chi connectivity index (χ0n) is 8.63. The van der Waals surface area contributed by atoms with Gasteiger partial charge in [-0.2, -0.15) is 0 Å². The number of halogens is 1. The maximum absolute atomic E-state index is 12.8. The lowest BCUT2D eigenvalue weighted by atomic mass is 10.2. The first kappa shape index (κ1) is 10.9. The van der Waals surface area contributed by atoms with E-state index in [1.54, 1.807) is 6.07 Å². The maximum Gasteiger partial charge on any atom is 0.123 e. The average Bonchev–Trinajstić information content (AvgIpc) is 2.15. The molecule has 0 aliphatic heterocycles. The molecule has 2 heteroatoms. The van der Waals surface area contributed by atoms with Gasteiger partial charge in [-0.05, 0) is 31.2 Å². The largest absolute Gasteiger partial charge is 0.311 e. The molecule has 0 radical (unpaired) electrons. The second-order valence-electron chi connectivity index (χ2n) is 3.26. The average molecular weight is 193 g/mol. The van der Waals surface area contributed by atoms with Gasteiger partial charge in [0.15, 0.2) is 0 Å². The van der Waals surface area contributed by atoms with Crippen LogP contribution < -0.4 is 5.32 Å². The van der Waals surface area contributed by atoms with E-state index in [-0.39, 0.29) is 5.82 Å². The van der Waals surface area contributed by atoms with E-state index in [1.807, 2.05) is 18.2 Å². The Morgan fingerprint density at radius 3 is 2.93 bits per heavy atom. The highest BCUT2D eigenvalue weighted by atomic mass is 19.1. The van der Waals surface area contributed by atoms with Gasteiger partial charge in [-0.25, -0.2) is 4.39 Å². The predicted octanol–water partition coefficient (Wildman–Crippen LogP) is 2.84. The van der Waals surface area contributed by atoms with Crippen LogP contribution in [0.5, 0.6) is 0 Å². The fourth-order valence-corrected chi connectivity index (χ4v) is 1.26. The minimum Gasteiger partial charge on any atom is -0.311 e. The summed E-state index contributed by atoms with van der Waals surface area (Å²) >= 11 is 0. The minimum absolute atomic E-state index is 0.191. The third-order valence-electron chi connectivity index (χ3n) is 1.95. The summed E-state index contributed by atoms with van der Waals surface area (Å²) in [6, 6.07) is 6.90. The van der Waals surface area contributed by atoms with Crippen LogP contribution >= 0.6 is 0 Å². The smallest absolute Gasteiger partial charge is 0.123 e. The Hall–Kier alpha value is -1.15. The fourth-order valence-electron chi connectivity index (χ4n) is 1.26. The van der Waals surface area contributed by atoms with Gasteiger partial charge in [-0.3, -0.25) is 0 Å². The van der Waals surface area contributed by atoms with E-state index in [1.165, 1.54) is 12.1 Å². The second-order valence-corrected chi connectivity index (χ2v) is 3.26. The summed E-state index contributed by atoms with van der Waals surface area (Å²) in [5.41, 5.74) is 0.898. The van der Waals surface area contributed by atoms with Crippen LogP contribution in [0.4, 0.5) is 4.39 Å². The van der Waals surface area contributed by atoms with Gasteiger partial charge in [0.25, 0.3) is 0 Å². The molecule has 1 rings (SSSR count). The highest BCUT2D eigenvalue weighted by Crippen LogP contribution is 2.05. The van der Waals surface area contributed by atoms with Crippen molar-refractivity contribution in [2.45, 2.75) is 19.9 Å². The third-order valence-corrected chi connectivity index (χ3v) is 1.95. The zero-order chi connectivity index (χ0) is 10.4. The van der Waals surface area contributed by atoms with Crippen LogP contribution in [0.3, 0.4) is 0 Å². The lowest BCUT2D eigenvalue weighted by Crippen LogP contribution is -2.22. The summed E-state index contributed by atoms with van der Waals surface area (Å²) in [4.78, 5) is 0. The van der Waals surface area contributed by atoms with Crippen molar-refractivity contribution < 1.29 is 4.39 Å². The molecule has 76 valence electrons. The Labute approximate surface area is 84.6 Å². The molecular weight excluding hydrogens is 177 g/mol. The van der Waals surface area contributed by atoms with Gasteiger partial charge in [0.2, 0.25) is 0 Å². The van der Waals surface area contributed by atoms with E-state index in [9.17, 15) is 4.39 Å². The van der Waals surface area contributed by atoms with Gasteiger partial charge < -0.3 is 5.32 Å². The van der Waals surface area contributed by atoms with E-state index < -0.39 is 0 Å². The van der Waals surface area contributed by atoms with Crippen molar-refractivity contribution in [1.82, 2.24) is 5.32 Å². The second kappa shape index (κ2) is 5.55. The fraction of sp³-hybridized carbons (Fsp3) is 0.333. The lowest BCUT2D eigenvalue weighted by molar-refractivity contribution is 0.627. The van der Waals surface area contributed by atoms with E-state index in [4.69, 9.17) is 0 Å². The Balaban J connectivity index is 2.59. The van der Waals surface area contributed by atoms with Crippen LogP contribution in [-0.2, 0) is 0 Å². The number of hydrogen-bond donors (Lipinski definition) is 1. The molecule has 0 bridgehead atoms. The number of hydrogen-bond acceptors (Lipinski definition) is 1. The van der Waals surface area contributed by atoms with Crippen molar-refractivity contribution in [3.8, 4) is 0 Å². The molecule has 1 unspecified atom stereocenters. The van der Waals surface area contributed by atoms with Gasteiger partial charge in [0, 0.05) is 6.04 Å². The Kier molecular flexibility index (Phi) is 4.33. The quantitative estimate of drug-likeness (QED) is 0.775. The van der Waals surface area contributed by atoms with Crippen molar-refractivity contribution in [3.05, 3.63) is 41.7 Å². The van der Waals surface area contributed by atoms with Crippen LogP contribution in [-0.4, -0.2) is 12.6 Å². The minimum atomic E-state index is -0.191. The molecule has 0 heterocycles. The summed E-state index contributed by atoms with van der Waals surface area (Å²) in [5.74, 6) is -0.191. The molecule has 0 aliphatic rings. The molecule has 0 saturated carbocycles. The molecule has 0 aliphatic carbocycles. The zero-order valence-corrected chi connectivity index (χ0v) is 8.63. The number of nitrogens with one attached hydrogen (secondary N) is 1. The van der Waals surface area contributed by atoms with Gasteiger partial charge in [0.05, 0.1) is 0 Å². The lowest BCUT2D eigenvalue weighted by Gasteiger charge is -2.05. The Bertz CT molecular complexity index is 307. The van der Waals surface area contributed by atoms with Gasteiger partial charge in [0.1, 0.15) is 5.82 Å². The molecule has 14 heavy (non-hydrogen) atoms. The van der Waals surface area contributed by atoms with Crippen LogP contribution in [0.1, 0.15) is 19.4 Å². The molecule has 0 saturated heterocycles. The first-order valence-electron chi connectivity index (χ1n) is 4.89. The molecule has 0 amide bonds. The molecule has 1 nitrogen and oxygen atoms in total. The van der Waals surface area contributed by atoms with Crippen molar-refractivity contribution in [1.29, 1.82) is 0 Å².